The van der Waals surface area contributed by atoms with Crippen LogP contribution in [0.15, 0.2) is 18.2 Å². The number of rotatable bonds is 0. The molecule has 0 radical (unpaired) electrons. The molecular weight excluding hydrogens is 207 g/mol. The molecule has 0 saturated carbocycles. The predicted molar refractivity (Wildman–Crippen MR) is 60.5 cm³/mol. The van der Waals surface area contributed by atoms with Gasteiger partial charge in [-0.1, -0.05) is 6.07 Å². The molecule has 0 aromatic heterocycles. The van der Waals surface area contributed by atoms with E-state index in [1.165, 1.54) is 6.07 Å². The van der Waals surface area contributed by atoms with Gasteiger partial charge in [0.05, 0.1) is 6.61 Å². The molecule has 1 atom stereocenters. The molecule has 1 saturated heterocycles. The molecule has 0 amide bonds. The van der Waals surface area contributed by atoms with Gasteiger partial charge in [0.2, 0.25) is 0 Å². The lowest BCUT2D eigenvalue weighted by atomic mass is 10.1. The number of halogens is 1. The third kappa shape index (κ3) is 1.53. The van der Waals surface area contributed by atoms with Gasteiger partial charge < -0.3 is 15.0 Å². The van der Waals surface area contributed by atoms with Gasteiger partial charge in [0.25, 0.3) is 0 Å². The van der Waals surface area contributed by atoms with E-state index >= 15 is 0 Å². The topological polar surface area (TPSA) is 24.5 Å². The third-order valence-corrected chi connectivity index (χ3v) is 3.30. The Bertz CT molecular complexity index is 397. The van der Waals surface area contributed by atoms with Gasteiger partial charge in [-0.25, -0.2) is 4.39 Å². The smallest absolute Gasteiger partial charge is 0.150 e. The molecule has 2 heterocycles. The first-order valence-corrected chi connectivity index (χ1v) is 5.75. The van der Waals surface area contributed by atoms with Gasteiger partial charge in [-0.3, -0.25) is 0 Å². The van der Waals surface area contributed by atoms with Gasteiger partial charge in [-0.15, -0.1) is 0 Å². The molecule has 0 spiro atoms. The van der Waals surface area contributed by atoms with E-state index in [0.717, 1.165) is 26.1 Å². The maximum atomic E-state index is 13.9. The largest absolute Gasteiger partial charge is 0.491 e. The average molecular weight is 222 g/mol. The quantitative estimate of drug-likeness (QED) is 0.718. The van der Waals surface area contributed by atoms with Crippen molar-refractivity contribution in [3.63, 3.8) is 0 Å². The SMILES string of the molecule is Fc1cccc2c1N1CCNC[C@@H]1CCO2. The van der Waals surface area contributed by atoms with Crippen molar-refractivity contribution >= 4 is 5.69 Å². The van der Waals surface area contributed by atoms with Crippen LogP contribution in [-0.4, -0.2) is 32.3 Å². The first kappa shape index (κ1) is 9.90. The molecule has 1 fully saturated rings. The van der Waals surface area contributed by atoms with Crippen LogP contribution in [0.4, 0.5) is 10.1 Å². The third-order valence-electron chi connectivity index (χ3n) is 3.30. The highest BCUT2D eigenvalue weighted by molar-refractivity contribution is 5.61. The first-order chi connectivity index (χ1) is 7.86. The van der Waals surface area contributed by atoms with Crippen molar-refractivity contribution in [2.24, 2.45) is 0 Å². The molecule has 0 aliphatic carbocycles. The fraction of sp³-hybridized carbons (Fsp3) is 0.500. The van der Waals surface area contributed by atoms with Crippen LogP contribution in [0.5, 0.6) is 5.75 Å². The minimum Gasteiger partial charge on any atom is -0.491 e. The van der Waals surface area contributed by atoms with Crippen LogP contribution in [0.25, 0.3) is 0 Å². The van der Waals surface area contributed by atoms with E-state index in [2.05, 4.69) is 10.2 Å². The minimum atomic E-state index is -0.175. The van der Waals surface area contributed by atoms with Crippen molar-refractivity contribution in [1.29, 1.82) is 0 Å². The van der Waals surface area contributed by atoms with Crippen LogP contribution in [0.1, 0.15) is 6.42 Å². The molecule has 3 nitrogen and oxygen atoms in total. The molecule has 1 aromatic carbocycles. The lowest BCUT2D eigenvalue weighted by Crippen LogP contribution is -2.51. The van der Waals surface area contributed by atoms with E-state index in [9.17, 15) is 4.39 Å². The summed E-state index contributed by atoms with van der Waals surface area (Å²) < 4.78 is 19.5. The second-order valence-corrected chi connectivity index (χ2v) is 4.28. The number of para-hydroxylation sites is 1. The van der Waals surface area contributed by atoms with E-state index in [-0.39, 0.29) is 5.82 Å². The monoisotopic (exact) mass is 222 g/mol. The van der Waals surface area contributed by atoms with Gasteiger partial charge in [-0.05, 0) is 12.1 Å². The summed E-state index contributed by atoms with van der Waals surface area (Å²) in [5, 5.41) is 3.34. The van der Waals surface area contributed by atoms with Crippen LogP contribution in [-0.2, 0) is 0 Å². The molecule has 0 bridgehead atoms. The highest BCUT2D eigenvalue weighted by Gasteiger charge is 2.29. The molecule has 1 N–H and O–H groups in total. The Morgan fingerprint density at radius 3 is 3.31 bits per heavy atom. The number of hydrogen-bond donors (Lipinski definition) is 1. The van der Waals surface area contributed by atoms with Crippen molar-refractivity contribution in [3.05, 3.63) is 24.0 Å². The number of nitrogens with one attached hydrogen (secondary N) is 1. The van der Waals surface area contributed by atoms with Crippen molar-refractivity contribution in [2.45, 2.75) is 12.5 Å². The number of ether oxygens (including phenoxy) is 1. The van der Waals surface area contributed by atoms with E-state index in [4.69, 9.17) is 4.74 Å². The summed E-state index contributed by atoms with van der Waals surface area (Å²) in [6, 6.07) is 5.42. The van der Waals surface area contributed by atoms with Crippen LogP contribution in [0.3, 0.4) is 0 Å². The normalized spacial score (nSPS) is 24.1. The second-order valence-electron chi connectivity index (χ2n) is 4.28. The van der Waals surface area contributed by atoms with Crippen molar-refractivity contribution in [3.8, 4) is 5.75 Å². The number of hydrogen-bond acceptors (Lipinski definition) is 3. The molecule has 16 heavy (non-hydrogen) atoms. The lowest BCUT2D eigenvalue weighted by Gasteiger charge is -2.36. The van der Waals surface area contributed by atoms with Crippen LogP contribution in [0.2, 0.25) is 0 Å². The van der Waals surface area contributed by atoms with E-state index in [1.54, 1.807) is 6.07 Å². The Hall–Kier alpha value is -1.29. The van der Waals surface area contributed by atoms with Crippen LogP contribution in [0, 0.1) is 5.82 Å². The Labute approximate surface area is 94.2 Å². The number of benzene rings is 1. The number of nitrogens with zero attached hydrogens (tertiary/aromatic N) is 1. The summed E-state index contributed by atoms with van der Waals surface area (Å²) >= 11 is 0. The number of anilines is 1. The summed E-state index contributed by atoms with van der Waals surface area (Å²) in [4.78, 5) is 2.15. The Kier molecular flexibility index (Phi) is 2.44. The fourth-order valence-electron chi connectivity index (χ4n) is 2.51. The van der Waals surface area contributed by atoms with Gasteiger partial charge >= 0.3 is 0 Å². The molecule has 0 unspecified atom stereocenters. The first-order valence-electron chi connectivity index (χ1n) is 5.75. The second kappa shape index (κ2) is 3.94. The standard InChI is InChI=1S/C12H15FN2O/c13-10-2-1-3-11-12(10)15-6-5-14-8-9(15)4-7-16-11/h1-3,9,14H,4-8H2/t9-/m0/s1. The zero-order valence-electron chi connectivity index (χ0n) is 9.08. The maximum absolute atomic E-state index is 13.9. The van der Waals surface area contributed by atoms with Gasteiger partial charge in [0, 0.05) is 32.1 Å². The van der Waals surface area contributed by atoms with Gasteiger partial charge in [0.1, 0.15) is 17.3 Å². The van der Waals surface area contributed by atoms with Crippen LogP contribution < -0.4 is 15.0 Å². The molecule has 4 heteroatoms. The average Bonchev–Trinajstić information content (AvgIpc) is 2.49. The summed E-state index contributed by atoms with van der Waals surface area (Å²) in [7, 11) is 0. The number of fused-ring (bicyclic) bond motifs is 3. The van der Waals surface area contributed by atoms with E-state index in [1.807, 2.05) is 6.07 Å². The molecule has 2 aliphatic heterocycles. The van der Waals surface area contributed by atoms with Gasteiger partial charge in [-0.2, -0.15) is 0 Å². The van der Waals surface area contributed by atoms with Crippen LogP contribution >= 0.6 is 0 Å². The molecule has 3 rings (SSSR count). The summed E-state index contributed by atoms with van der Waals surface area (Å²) in [6.45, 7) is 3.34. The number of piperazine rings is 1. The van der Waals surface area contributed by atoms with Crippen molar-refractivity contribution in [2.75, 3.05) is 31.1 Å². The molecule has 2 aliphatic rings. The Morgan fingerprint density at radius 1 is 1.44 bits per heavy atom. The Balaban J connectivity index is 2.06. The molecule has 86 valence electrons. The lowest BCUT2D eigenvalue weighted by molar-refractivity contribution is 0.303. The highest BCUT2D eigenvalue weighted by Crippen LogP contribution is 2.35. The fourth-order valence-corrected chi connectivity index (χ4v) is 2.51. The van der Waals surface area contributed by atoms with Crippen molar-refractivity contribution < 1.29 is 9.13 Å². The highest BCUT2D eigenvalue weighted by atomic mass is 19.1. The van der Waals surface area contributed by atoms with E-state index < -0.39 is 0 Å². The zero-order valence-corrected chi connectivity index (χ0v) is 9.08. The summed E-state index contributed by atoms with van der Waals surface area (Å²) in [5.74, 6) is 0.510. The van der Waals surface area contributed by atoms with Gasteiger partial charge in [0.15, 0.2) is 0 Å². The van der Waals surface area contributed by atoms with Crippen molar-refractivity contribution in [1.82, 2.24) is 5.32 Å². The predicted octanol–water partition coefficient (Wildman–Crippen LogP) is 1.39. The molecular formula is C12H15FN2O. The summed E-state index contributed by atoms with van der Waals surface area (Å²) in [6.07, 6.45) is 0.946. The Morgan fingerprint density at radius 2 is 2.38 bits per heavy atom. The zero-order chi connectivity index (χ0) is 11.0. The molecule has 1 aromatic rings. The summed E-state index contributed by atoms with van der Waals surface area (Å²) in [5.41, 5.74) is 0.645. The van der Waals surface area contributed by atoms with E-state index in [0.29, 0.717) is 24.1 Å². The minimum absolute atomic E-state index is 0.175. The maximum Gasteiger partial charge on any atom is 0.150 e.